The van der Waals surface area contributed by atoms with Gasteiger partial charge < -0.3 is 18.9 Å². The summed E-state index contributed by atoms with van der Waals surface area (Å²) in [5.41, 5.74) is 5.07. The van der Waals surface area contributed by atoms with Crippen molar-refractivity contribution in [3.8, 4) is 23.0 Å². The summed E-state index contributed by atoms with van der Waals surface area (Å²) in [4.78, 5) is 12.1. The van der Waals surface area contributed by atoms with Crippen molar-refractivity contribution in [1.29, 1.82) is 0 Å². The minimum Gasteiger partial charge on any atom is -0.493 e. The number of rotatable bonds is 8. The molecule has 1 aliphatic rings. The molecule has 0 spiro atoms. The molecule has 0 fully saturated rings. The second-order valence-electron chi connectivity index (χ2n) is 6.99. The quantitative estimate of drug-likeness (QED) is 0.265. The van der Waals surface area contributed by atoms with Crippen LogP contribution in [0.1, 0.15) is 16.7 Å². The number of benzene rings is 3. The summed E-state index contributed by atoms with van der Waals surface area (Å²) in [5, 5.41) is 4.01. The Morgan fingerprint density at radius 2 is 1.91 bits per heavy atom. The standard InChI is InChI=1S/C25H21BrN2O5/c1-30-23-13-19(11-20(26)25(23)31-15-18-5-3-2-4-6-18)14-27-28-24(29)10-8-17-7-9-21-22(12-17)33-16-32-21/h2-14H,15-16H2,1H3,(H,28,29)/b10-8+,27-14-. The van der Waals surface area contributed by atoms with E-state index in [2.05, 4.69) is 26.5 Å². The Labute approximate surface area is 199 Å². The van der Waals surface area contributed by atoms with Crippen LogP contribution in [0.3, 0.4) is 0 Å². The van der Waals surface area contributed by atoms with Crippen molar-refractivity contribution < 1.29 is 23.7 Å². The molecule has 0 aromatic heterocycles. The third kappa shape index (κ3) is 5.93. The van der Waals surface area contributed by atoms with E-state index in [1.165, 1.54) is 12.3 Å². The lowest BCUT2D eigenvalue weighted by Crippen LogP contribution is -2.14. The smallest absolute Gasteiger partial charge is 0.264 e. The molecule has 168 valence electrons. The fourth-order valence-electron chi connectivity index (χ4n) is 3.08. The second-order valence-corrected chi connectivity index (χ2v) is 7.84. The van der Waals surface area contributed by atoms with Crippen LogP contribution in [0, 0.1) is 0 Å². The summed E-state index contributed by atoms with van der Waals surface area (Å²) in [7, 11) is 1.57. The van der Waals surface area contributed by atoms with Crippen LogP contribution in [-0.2, 0) is 11.4 Å². The molecule has 4 rings (SSSR count). The van der Waals surface area contributed by atoms with Gasteiger partial charge in [-0.25, -0.2) is 5.43 Å². The highest BCUT2D eigenvalue weighted by atomic mass is 79.9. The Balaban J connectivity index is 1.36. The largest absolute Gasteiger partial charge is 0.493 e. The van der Waals surface area contributed by atoms with Gasteiger partial charge in [0.1, 0.15) is 6.61 Å². The van der Waals surface area contributed by atoms with Crippen molar-refractivity contribution >= 4 is 34.1 Å². The first-order valence-electron chi connectivity index (χ1n) is 10.1. The monoisotopic (exact) mass is 508 g/mol. The normalized spacial score (nSPS) is 12.3. The van der Waals surface area contributed by atoms with Crippen molar-refractivity contribution in [3.05, 3.63) is 87.9 Å². The molecule has 7 nitrogen and oxygen atoms in total. The molecule has 3 aromatic carbocycles. The number of methoxy groups -OCH3 is 1. The SMILES string of the molecule is COc1cc(/C=N\NC(=O)/C=C/c2ccc3c(c2)OCO3)cc(Br)c1OCc1ccccc1. The van der Waals surface area contributed by atoms with Gasteiger partial charge in [-0.1, -0.05) is 36.4 Å². The maximum Gasteiger partial charge on any atom is 0.264 e. The van der Waals surface area contributed by atoms with Crippen molar-refractivity contribution in [1.82, 2.24) is 5.43 Å². The number of amides is 1. The molecule has 0 unspecified atom stereocenters. The Morgan fingerprint density at radius 3 is 2.73 bits per heavy atom. The molecular weight excluding hydrogens is 488 g/mol. The highest BCUT2D eigenvalue weighted by Crippen LogP contribution is 2.37. The summed E-state index contributed by atoms with van der Waals surface area (Å²) in [6.07, 6.45) is 4.60. The van der Waals surface area contributed by atoms with E-state index < -0.39 is 0 Å². The van der Waals surface area contributed by atoms with Crippen molar-refractivity contribution in [2.75, 3.05) is 13.9 Å². The van der Waals surface area contributed by atoms with E-state index in [4.69, 9.17) is 18.9 Å². The van der Waals surface area contributed by atoms with Crippen LogP contribution in [0.15, 0.2) is 76.3 Å². The zero-order valence-electron chi connectivity index (χ0n) is 17.8. The Morgan fingerprint density at radius 1 is 1.09 bits per heavy atom. The first-order chi connectivity index (χ1) is 16.1. The molecule has 3 aromatic rings. The van der Waals surface area contributed by atoms with Crippen LogP contribution in [0.5, 0.6) is 23.0 Å². The molecule has 8 heteroatoms. The molecule has 1 heterocycles. The lowest BCUT2D eigenvalue weighted by atomic mass is 10.2. The molecule has 1 N–H and O–H groups in total. The van der Waals surface area contributed by atoms with E-state index >= 15 is 0 Å². The molecule has 0 atom stereocenters. The number of hydrogen-bond acceptors (Lipinski definition) is 6. The van der Waals surface area contributed by atoms with Crippen LogP contribution in [0.4, 0.5) is 0 Å². The molecular formula is C25H21BrN2O5. The number of hydrogen-bond donors (Lipinski definition) is 1. The van der Waals surface area contributed by atoms with Gasteiger partial charge in [-0.05, 0) is 63.0 Å². The predicted molar refractivity (Wildman–Crippen MR) is 129 cm³/mol. The number of ether oxygens (including phenoxy) is 4. The summed E-state index contributed by atoms with van der Waals surface area (Å²) >= 11 is 3.52. The molecule has 0 saturated heterocycles. The number of nitrogens with zero attached hydrogens (tertiary/aromatic N) is 1. The fourth-order valence-corrected chi connectivity index (χ4v) is 3.65. The fraction of sp³-hybridized carbons (Fsp3) is 0.120. The van der Waals surface area contributed by atoms with Gasteiger partial charge in [-0.3, -0.25) is 4.79 Å². The number of fused-ring (bicyclic) bond motifs is 1. The molecule has 33 heavy (non-hydrogen) atoms. The average molecular weight is 509 g/mol. The minimum atomic E-state index is -0.363. The summed E-state index contributed by atoms with van der Waals surface area (Å²) < 4.78 is 22.7. The van der Waals surface area contributed by atoms with Gasteiger partial charge in [0.2, 0.25) is 6.79 Å². The van der Waals surface area contributed by atoms with Crippen LogP contribution >= 0.6 is 15.9 Å². The molecule has 1 amide bonds. The zero-order chi connectivity index (χ0) is 23.0. The van der Waals surface area contributed by atoms with Gasteiger partial charge in [0, 0.05) is 6.08 Å². The van der Waals surface area contributed by atoms with Crippen LogP contribution in [-0.4, -0.2) is 26.0 Å². The number of carbonyl (C=O) groups excluding carboxylic acids is 1. The van der Waals surface area contributed by atoms with Gasteiger partial charge in [-0.15, -0.1) is 0 Å². The van der Waals surface area contributed by atoms with Gasteiger partial charge >= 0.3 is 0 Å². The van der Waals surface area contributed by atoms with Crippen molar-refractivity contribution in [3.63, 3.8) is 0 Å². The van der Waals surface area contributed by atoms with Gasteiger partial charge in [0.25, 0.3) is 5.91 Å². The Bertz CT molecular complexity index is 1190. The minimum absolute atomic E-state index is 0.207. The first-order valence-corrected chi connectivity index (χ1v) is 10.9. The third-order valence-corrected chi connectivity index (χ3v) is 5.28. The van der Waals surface area contributed by atoms with Gasteiger partial charge in [-0.2, -0.15) is 5.10 Å². The summed E-state index contributed by atoms with van der Waals surface area (Å²) in [6, 6.07) is 18.9. The molecule has 1 aliphatic heterocycles. The molecule has 0 radical (unpaired) electrons. The van der Waals surface area contributed by atoms with Crippen LogP contribution in [0.2, 0.25) is 0 Å². The highest BCUT2D eigenvalue weighted by molar-refractivity contribution is 9.10. The first kappa shape index (κ1) is 22.4. The maximum absolute atomic E-state index is 12.1. The average Bonchev–Trinajstić information content (AvgIpc) is 3.30. The maximum atomic E-state index is 12.1. The van der Waals surface area contributed by atoms with E-state index in [-0.39, 0.29) is 12.7 Å². The second kappa shape index (κ2) is 10.7. The van der Waals surface area contributed by atoms with Crippen LogP contribution in [0.25, 0.3) is 6.08 Å². The molecule has 0 aliphatic carbocycles. The Kier molecular flexibility index (Phi) is 7.26. The van der Waals surface area contributed by atoms with Crippen LogP contribution < -0.4 is 24.4 Å². The van der Waals surface area contributed by atoms with Crippen molar-refractivity contribution in [2.24, 2.45) is 5.10 Å². The topological polar surface area (TPSA) is 78.4 Å². The molecule has 0 bridgehead atoms. The third-order valence-electron chi connectivity index (χ3n) is 4.69. The summed E-state index contributed by atoms with van der Waals surface area (Å²) in [5.74, 6) is 2.13. The van der Waals surface area contributed by atoms with Gasteiger partial charge in [0.15, 0.2) is 23.0 Å². The van der Waals surface area contributed by atoms with E-state index in [1.54, 1.807) is 31.4 Å². The lowest BCUT2D eigenvalue weighted by Gasteiger charge is -2.13. The Hall–Kier alpha value is -3.78. The van der Waals surface area contributed by atoms with E-state index in [0.29, 0.717) is 34.1 Å². The number of carbonyl (C=O) groups is 1. The van der Waals surface area contributed by atoms with Gasteiger partial charge in [0.05, 0.1) is 17.8 Å². The zero-order valence-corrected chi connectivity index (χ0v) is 19.4. The number of halogens is 1. The molecule has 0 saturated carbocycles. The van der Waals surface area contributed by atoms with E-state index in [9.17, 15) is 4.79 Å². The highest BCUT2D eigenvalue weighted by Gasteiger charge is 2.13. The van der Waals surface area contributed by atoms with Crippen molar-refractivity contribution in [2.45, 2.75) is 6.61 Å². The van der Waals surface area contributed by atoms with E-state index in [0.717, 1.165) is 16.7 Å². The number of nitrogens with one attached hydrogen (secondary N) is 1. The predicted octanol–water partition coefficient (Wildman–Crippen LogP) is 4.93. The lowest BCUT2D eigenvalue weighted by molar-refractivity contribution is -0.116. The number of hydrazone groups is 1. The van der Waals surface area contributed by atoms with E-state index in [1.807, 2.05) is 42.5 Å². The summed E-state index contributed by atoms with van der Waals surface area (Å²) in [6.45, 7) is 0.619.